The molecule has 288 valence electrons. The van der Waals surface area contributed by atoms with Crippen molar-refractivity contribution >= 4 is 38.6 Å². The second-order valence-electron chi connectivity index (χ2n) is 14.0. The smallest absolute Gasteiger partial charge is 0.264 e. The average Bonchev–Trinajstić information content (AvgIpc) is 3.20. The summed E-state index contributed by atoms with van der Waals surface area (Å²) in [6.45, 7) is 8.34. The topological polar surface area (TPSA) is 114 Å². The minimum Gasteiger partial charge on any atom is -0.453 e. The molecule has 9 nitrogen and oxygen atoms in total. The van der Waals surface area contributed by atoms with E-state index in [1.54, 1.807) is 6.92 Å². The average molecular weight is 769 g/mol. The molecule has 0 saturated heterocycles. The van der Waals surface area contributed by atoms with Gasteiger partial charge in [0.1, 0.15) is 0 Å². The van der Waals surface area contributed by atoms with Gasteiger partial charge >= 0.3 is 0 Å². The fourth-order valence-electron chi connectivity index (χ4n) is 7.31. The lowest BCUT2D eigenvalue weighted by atomic mass is 9.91. The van der Waals surface area contributed by atoms with Crippen LogP contribution in [0.1, 0.15) is 70.2 Å². The molecular formula is C46H48N4O5S. The second kappa shape index (κ2) is 17.0. The summed E-state index contributed by atoms with van der Waals surface area (Å²) >= 11 is 0. The zero-order valence-corrected chi connectivity index (χ0v) is 33.2. The monoisotopic (exact) mass is 768 g/mol. The number of fused-ring (bicyclic) bond motifs is 4. The molecule has 2 aromatic heterocycles. The van der Waals surface area contributed by atoms with E-state index < -0.39 is 10.1 Å². The molecule has 4 aromatic carbocycles. The summed E-state index contributed by atoms with van der Waals surface area (Å²) in [4.78, 5) is 12.8. The number of anilines is 5. The van der Waals surface area contributed by atoms with E-state index in [1.165, 1.54) is 11.1 Å². The zero-order chi connectivity index (χ0) is 39.2. The maximum Gasteiger partial charge on any atom is 0.264 e. The summed E-state index contributed by atoms with van der Waals surface area (Å²) in [6, 6.07) is 35.7. The first-order chi connectivity index (χ1) is 27.2. The van der Waals surface area contributed by atoms with Gasteiger partial charge in [-0.25, -0.2) is 0 Å². The summed E-state index contributed by atoms with van der Waals surface area (Å²) in [5, 5.41) is 3.89. The highest BCUT2D eigenvalue weighted by molar-refractivity contribution is 7.85. The molecule has 0 radical (unpaired) electrons. The van der Waals surface area contributed by atoms with Gasteiger partial charge in [-0.2, -0.15) is 8.42 Å². The van der Waals surface area contributed by atoms with Crippen LogP contribution in [0.2, 0.25) is 0 Å². The third kappa shape index (κ3) is 8.12. The SMILES string of the molecule is CCCS(=O)(=O)O.CCCc1ccc2c(c1)Nc1c(cc(-c3ccccn3)c(N3c4ccccc4Oc4ccccc43)c1-c1nc(CCC)ccc1CCC)O2. The Bertz CT molecular complexity index is 2410. The molecular weight excluding hydrogens is 721 g/mol. The van der Waals surface area contributed by atoms with Crippen molar-refractivity contribution in [2.75, 3.05) is 16.0 Å². The lowest BCUT2D eigenvalue weighted by Gasteiger charge is -2.37. The Morgan fingerprint density at radius 2 is 1.38 bits per heavy atom. The minimum atomic E-state index is -3.67. The van der Waals surface area contributed by atoms with E-state index in [1.807, 2.05) is 42.6 Å². The Kier molecular flexibility index (Phi) is 11.7. The molecule has 8 rings (SSSR count). The maximum atomic E-state index is 9.79. The molecule has 2 N–H and O–H groups in total. The number of benzene rings is 4. The zero-order valence-electron chi connectivity index (χ0n) is 32.4. The highest BCUT2D eigenvalue weighted by Crippen LogP contribution is 2.59. The van der Waals surface area contributed by atoms with Crippen LogP contribution in [0.4, 0.5) is 28.4 Å². The number of nitrogens with zero attached hydrogens (tertiary/aromatic N) is 3. The van der Waals surface area contributed by atoms with Gasteiger partial charge in [0.05, 0.1) is 51.1 Å². The Morgan fingerprint density at radius 1 is 0.696 bits per heavy atom. The van der Waals surface area contributed by atoms with Crippen molar-refractivity contribution in [3.05, 3.63) is 126 Å². The van der Waals surface area contributed by atoms with Crippen molar-refractivity contribution < 1.29 is 22.4 Å². The molecule has 10 heteroatoms. The third-order valence-electron chi connectivity index (χ3n) is 9.68. The Labute approximate surface area is 330 Å². The van der Waals surface area contributed by atoms with Crippen LogP contribution in [0.5, 0.6) is 23.0 Å². The lowest BCUT2D eigenvalue weighted by Crippen LogP contribution is -2.19. The first-order valence-electron chi connectivity index (χ1n) is 19.5. The standard InChI is InChI=1S/C43H40N4O2.C3H8O3S/c1-4-13-28-21-24-36-33(26-28)46-42-39(48-36)27-31(32-16-11-12-25-44-32)43(40(42)41-29(14-5-2)22-23-30(45-41)15-6-3)47-34-17-7-9-19-37(34)49-38-20-10-8-18-35(38)47;1-2-3-7(4,5)6/h7-12,16-27,46H,4-6,13-15H2,1-3H3;2-3H2,1H3,(H,4,5,6). The molecule has 0 saturated carbocycles. The number of ether oxygens (including phenoxy) is 2. The second-order valence-corrected chi connectivity index (χ2v) is 15.6. The van der Waals surface area contributed by atoms with Gasteiger partial charge in [-0.15, -0.1) is 0 Å². The Hall–Kier alpha value is -5.71. The van der Waals surface area contributed by atoms with Crippen LogP contribution in [0, 0.1) is 0 Å². The van der Waals surface area contributed by atoms with Crippen LogP contribution in [0.15, 0.2) is 109 Å². The fraction of sp³-hybridized carbons (Fsp3) is 0.261. The van der Waals surface area contributed by atoms with Crippen molar-refractivity contribution in [3.63, 3.8) is 0 Å². The molecule has 0 atom stereocenters. The lowest BCUT2D eigenvalue weighted by molar-refractivity contribution is 0.476. The van der Waals surface area contributed by atoms with Crippen LogP contribution in [-0.4, -0.2) is 28.7 Å². The number of pyridine rings is 2. The van der Waals surface area contributed by atoms with E-state index in [0.717, 1.165) is 118 Å². The molecule has 6 aromatic rings. The van der Waals surface area contributed by atoms with Crippen molar-refractivity contribution in [2.24, 2.45) is 0 Å². The van der Waals surface area contributed by atoms with Crippen LogP contribution in [-0.2, 0) is 29.4 Å². The van der Waals surface area contributed by atoms with E-state index in [4.69, 9.17) is 24.0 Å². The first-order valence-corrected chi connectivity index (χ1v) is 21.1. The third-order valence-corrected chi connectivity index (χ3v) is 10.6. The molecule has 0 unspecified atom stereocenters. The first kappa shape index (κ1) is 38.6. The van der Waals surface area contributed by atoms with Gasteiger partial charge in [0.15, 0.2) is 23.0 Å². The summed E-state index contributed by atoms with van der Waals surface area (Å²) in [5.74, 6) is 3.00. The molecule has 0 aliphatic carbocycles. The summed E-state index contributed by atoms with van der Waals surface area (Å²) < 4.78 is 40.9. The van der Waals surface area contributed by atoms with Gasteiger partial charge in [0.2, 0.25) is 0 Å². The summed E-state index contributed by atoms with van der Waals surface area (Å²) in [7, 11) is -3.67. The quantitative estimate of drug-likeness (QED) is 0.124. The van der Waals surface area contributed by atoms with E-state index in [9.17, 15) is 8.42 Å². The molecule has 0 amide bonds. The van der Waals surface area contributed by atoms with Crippen molar-refractivity contribution in [1.29, 1.82) is 0 Å². The predicted octanol–water partition coefficient (Wildman–Crippen LogP) is 12.4. The molecule has 0 spiro atoms. The molecule has 0 fully saturated rings. The maximum absolute atomic E-state index is 9.79. The number of aryl methyl sites for hydroxylation is 3. The van der Waals surface area contributed by atoms with E-state index >= 15 is 0 Å². The number of nitrogens with one attached hydrogen (secondary N) is 1. The van der Waals surface area contributed by atoms with E-state index in [-0.39, 0.29) is 5.75 Å². The van der Waals surface area contributed by atoms with Gasteiger partial charge < -0.3 is 19.7 Å². The predicted molar refractivity (Wildman–Crippen MR) is 226 cm³/mol. The number of para-hydroxylation sites is 4. The molecule has 4 heterocycles. The fourth-order valence-corrected chi connectivity index (χ4v) is 7.82. The number of hydrogen-bond donors (Lipinski definition) is 2. The van der Waals surface area contributed by atoms with Gasteiger partial charge in [0, 0.05) is 17.5 Å². The number of hydrogen-bond acceptors (Lipinski definition) is 8. The number of aromatic nitrogens is 2. The Morgan fingerprint density at radius 3 is 2.00 bits per heavy atom. The van der Waals surface area contributed by atoms with Crippen LogP contribution in [0.3, 0.4) is 0 Å². The van der Waals surface area contributed by atoms with Crippen molar-refractivity contribution in [3.8, 4) is 45.5 Å². The molecule has 0 bridgehead atoms. The summed E-state index contributed by atoms with van der Waals surface area (Å²) in [6.07, 6.45) is 8.20. The Balaban J connectivity index is 0.000000629. The van der Waals surface area contributed by atoms with Crippen LogP contribution < -0.4 is 19.7 Å². The highest BCUT2D eigenvalue weighted by atomic mass is 32.2. The highest BCUT2D eigenvalue weighted by Gasteiger charge is 2.35. The van der Waals surface area contributed by atoms with Crippen molar-refractivity contribution in [1.82, 2.24) is 9.97 Å². The summed E-state index contributed by atoms with van der Waals surface area (Å²) in [5.41, 5.74) is 12.0. The molecule has 56 heavy (non-hydrogen) atoms. The van der Waals surface area contributed by atoms with Crippen LogP contribution >= 0.6 is 0 Å². The molecule has 2 aliphatic rings. The van der Waals surface area contributed by atoms with Gasteiger partial charge in [-0.1, -0.05) is 89.4 Å². The van der Waals surface area contributed by atoms with Crippen molar-refractivity contribution in [2.45, 2.75) is 72.6 Å². The normalized spacial score (nSPS) is 12.4. The van der Waals surface area contributed by atoms with E-state index in [0.29, 0.717) is 6.42 Å². The largest absolute Gasteiger partial charge is 0.453 e. The minimum absolute atomic E-state index is 0.132. The molecule has 2 aliphatic heterocycles. The van der Waals surface area contributed by atoms with Crippen LogP contribution in [0.25, 0.3) is 22.5 Å². The van der Waals surface area contributed by atoms with Gasteiger partial charge in [-0.3, -0.25) is 14.5 Å². The van der Waals surface area contributed by atoms with E-state index in [2.05, 4.69) is 97.7 Å². The van der Waals surface area contributed by atoms with Gasteiger partial charge in [0.25, 0.3) is 10.1 Å². The van der Waals surface area contributed by atoms with Gasteiger partial charge in [-0.05, 0) is 97.5 Å². The number of rotatable bonds is 11.